The SMILES string of the molecule is NC(c1ccc(Cl)s1)c1sccc1Br. The molecular weight excluding hydrogens is 302 g/mol. The van der Waals surface area contributed by atoms with E-state index in [1.54, 1.807) is 11.3 Å². The summed E-state index contributed by atoms with van der Waals surface area (Å²) in [4.78, 5) is 2.24. The summed E-state index contributed by atoms with van der Waals surface area (Å²) in [7, 11) is 0. The molecule has 0 amide bonds. The monoisotopic (exact) mass is 307 g/mol. The van der Waals surface area contributed by atoms with Gasteiger partial charge in [0.05, 0.1) is 10.4 Å². The second kappa shape index (κ2) is 4.33. The van der Waals surface area contributed by atoms with Crippen LogP contribution in [0.4, 0.5) is 0 Å². The number of halogens is 2. The fourth-order valence-corrected chi connectivity index (χ4v) is 3.94. The van der Waals surface area contributed by atoms with E-state index in [0.717, 1.165) is 18.6 Å². The van der Waals surface area contributed by atoms with Crippen molar-refractivity contribution in [3.8, 4) is 0 Å². The summed E-state index contributed by atoms with van der Waals surface area (Å²) in [5, 5.41) is 2.02. The molecule has 2 rings (SSSR count). The Labute approximate surface area is 104 Å². The van der Waals surface area contributed by atoms with Gasteiger partial charge in [-0.3, -0.25) is 0 Å². The molecule has 0 saturated heterocycles. The summed E-state index contributed by atoms with van der Waals surface area (Å²) in [5.74, 6) is 0. The molecule has 0 aromatic carbocycles. The van der Waals surface area contributed by atoms with E-state index in [2.05, 4.69) is 15.9 Å². The van der Waals surface area contributed by atoms with Crippen LogP contribution >= 0.6 is 50.2 Å². The molecule has 0 aliphatic carbocycles. The maximum atomic E-state index is 6.11. The molecule has 0 saturated carbocycles. The summed E-state index contributed by atoms with van der Waals surface area (Å²) in [6.45, 7) is 0. The van der Waals surface area contributed by atoms with Crippen molar-refractivity contribution in [3.63, 3.8) is 0 Å². The first-order chi connectivity index (χ1) is 6.68. The summed E-state index contributed by atoms with van der Waals surface area (Å²) in [6, 6.07) is 5.80. The lowest BCUT2D eigenvalue weighted by Crippen LogP contribution is -2.08. The first kappa shape index (κ1) is 10.6. The summed E-state index contributed by atoms with van der Waals surface area (Å²) in [6.07, 6.45) is 0. The average molecular weight is 309 g/mol. The van der Waals surface area contributed by atoms with Crippen LogP contribution in [0.25, 0.3) is 0 Å². The van der Waals surface area contributed by atoms with Gasteiger partial charge in [0.2, 0.25) is 0 Å². The first-order valence-electron chi connectivity index (χ1n) is 3.92. The van der Waals surface area contributed by atoms with E-state index in [4.69, 9.17) is 17.3 Å². The number of rotatable bonds is 2. The third-order valence-electron chi connectivity index (χ3n) is 1.83. The standard InChI is InChI=1S/C9H7BrClNS2/c10-5-3-4-13-9(5)8(12)6-1-2-7(11)14-6/h1-4,8H,12H2. The van der Waals surface area contributed by atoms with Gasteiger partial charge in [0.25, 0.3) is 0 Å². The minimum absolute atomic E-state index is 0.0677. The molecule has 0 fully saturated rings. The highest BCUT2D eigenvalue weighted by atomic mass is 79.9. The first-order valence-corrected chi connectivity index (χ1v) is 6.79. The Hall–Kier alpha value is 0.130. The highest BCUT2D eigenvalue weighted by Gasteiger charge is 2.15. The third kappa shape index (κ3) is 2.04. The van der Waals surface area contributed by atoms with Gasteiger partial charge in [-0.1, -0.05) is 11.6 Å². The van der Waals surface area contributed by atoms with Crippen LogP contribution in [0.2, 0.25) is 4.34 Å². The number of thiophene rings is 2. The van der Waals surface area contributed by atoms with Crippen LogP contribution in [-0.2, 0) is 0 Å². The van der Waals surface area contributed by atoms with Gasteiger partial charge < -0.3 is 5.73 Å². The van der Waals surface area contributed by atoms with E-state index in [9.17, 15) is 0 Å². The van der Waals surface area contributed by atoms with Gasteiger partial charge in [-0.05, 0) is 39.5 Å². The average Bonchev–Trinajstić information content (AvgIpc) is 2.73. The largest absolute Gasteiger partial charge is 0.319 e. The van der Waals surface area contributed by atoms with E-state index in [1.807, 2.05) is 23.6 Å². The highest BCUT2D eigenvalue weighted by molar-refractivity contribution is 9.10. The van der Waals surface area contributed by atoms with Crippen molar-refractivity contribution in [2.45, 2.75) is 6.04 Å². The quantitative estimate of drug-likeness (QED) is 0.880. The van der Waals surface area contributed by atoms with Crippen molar-refractivity contribution in [1.82, 2.24) is 0 Å². The Balaban J connectivity index is 2.33. The van der Waals surface area contributed by atoms with Gasteiger partial charge in [-0.15, -0.1) is 22.7 Å². The van der Waals surface area contributed by atoms with Crippen LogP contribution in [0, 0.1) is 0 Å². The summed E-state index contributed by atoms with van der Waals surface area (Å²) >= 11 is 12.5. The third-order valence-corrected chi connectivity index (χ3v) is 5.10. The smallest absolute Gasteiger partial charge is 0.0931 e. The predicted molar refractivity (Wildman–Crippen MR) is 67.4 cm³/mol. The fraction of sp³-hybridized carbons (Fsp3) is 0.111. The summed E-state index contributed by atoms with van der Waals surface area (Å²) < 4.78 is 1.85. The maximum absolute atomic E-state index is 6.11. The van der Waals surface area contributed by atoms with Crippen molar-refractivity contribution in [1.29, 1.82) is 0 Å². The topological polar surface area (TPSA) is 26.0 Å². The molecular formula is C9H7BrClNS2. The zero-order valence-corrected chi connectivity index (χ0v) is 11.0. The van der Waals surface area contributed by atoms with Crippen molar-refractivity contribution < 1.29 is 0 Å². The Kier molecular flexibility index (Phi) is 3.29. The molecule has 1 unspecified atom stereocenters. The van der Waals surface area contributed by atoms with E-state index in [-0.39, 0.29) is 6.04 Å². The fourth-order valence-electron chi connectivity index (χ4n) is 1.15. The molecule has 2 N–H and O–H groups in total. The van der Waals surface area contributed by atoms with Crippen LogP contribution < -0.4 is 5.73 Å². The molecule has 1 atom stereocenters. The molecule has 2 heterocycles. The zero-order chi connectivity index (χ0) is 10.1. The molecule has 14 heavy (non-hydrogen) atoms. The molecule has 74 valence electrons. The Bertz CT molecular complexity index is 437. The lowest BCUT2D eigenvalue weighted by atomic mass is 10.2. The summed E-state index contributed by atoms with van der Waals surface area (Å²) in [5.41, 5.74) is 6.11. The molecule has 0 aliphatic rings. The lowest BCUT2D eigenvalue weighted by molar-refractivity contribution is 0.912. The molecule has 0 radical (unpaired) electrons. The Morgan fingerprint density at radius 2 is 2.14 bits per heavy atom. The van der Waals surface area contributed by atoms with Crippen LogP contribution in [0.3, 0.4) is 0 Å². The van der Waals surface area contributed by atoms with Gasteiger partial charge in [-0.25, -0.2) is 0 Å². The molecule has 1 nitrogen and oxygen atoms in total. The predicted octanol–water partition coefficient (Wildman–Crippen LogP) is 4.27. The second-order valence-corrected chi connectivity index (χ2v) is 6.30. The van der Waals surface area contributed by atoms with E-state index < -0.39 is 0 Å². The molecule has 0 aliphatic heterocycles. The van der Waals surface area contributed by atoms with Crippen molar-refractivity contribution in [3.05, 3.63) is 42.1 Å². The highest BCUT2D eigenvalue weighted by Crippen LogP contribution is 2.35. The maximum Gasteiger partial charge on any atom is 0.0931 e. The van der Waals surface area contributed by atoms with Gasteiger partial charge in [-0.2, -0.15) is 0 Å². The Morgan fingerprint density at radius 3 is 2.64 bits per heavy atom. The minimum Gasteiger partial charge on any atom is -0.319 e. The van der Waals surface area contributed by atoms with Crippen molar-refractivity contribution in [2.75, 3.05) is 0 Å². The lowest BCUT2D eigenvalue weighted by Gasteiger charge is -2.07. The van der Waals surface area contributed by atoms with Crippen LogP contribution in [0.15, 0.2) is 28.1 Å². The van der Waals surface area contributed by atoms with Gasteiger partial charge in [0.1, 0.15) is 0 Å². The van der Waals surface area contributed by atoms with Gasteiger partial charge in [0.15, 0.2) is 0 Å². The normalized spacial score (nSPS) is 13.1. The second-order valence-electron chi connectivity index (χ2n) is 2.75. The molecule has 5 heteroatoms. The Morgan fingerprint density at radius 1 is 1.36 bits per heavy atom. The van der Waals surface area contributed by atoms with Gasteiger partial charge in [0, 0.05) is 14.2 Å². The van der Waals surface area contributed by atoms with E-state index >= 15 is 0 Å². The van der Waals surface area contributed by atoms with E-state index in [1.165, 1.54) is 11.3 Å². The number of hydrogen-bond acceptors (Lipinski definition) is 3. The van der Waals surface area contributed by atoms with Crippen molar-refractivity contribution >= 4 is 50.2 Å². The van der Waals surface area contributed by atoms with Crippen LogP contribution in [0.5, 0.6) is 0 Å². The van der Waals surface area contributed by atoms with Crippen LogP contribution in [-0.4, -0.2) is 0 Å². The van der Waals surface area contributed by atoms with Gasteiger partial charge >= 0.3 is 0 Å². The van der Waals surface area contributed by atoms with Crippen molar-refractivity contribution in [2.24, 2.45) is 5.73 Å². The minimum atomic E-state index is -0.0677. The molecule has 2 aromatic rings. The molecule has 0 spiro atoms. The number of hydrogen-bond donors (Lipinski definition) is 1. The number of nitrogens with two attached hydrogens (primary N) is 1. The van der Waals surface area contributed by atoms with Crippen LogP contribution in [0.1, 0.15) is 15.8 Å². The molecule has 2 aromatic heterocycles. The van der Waals surface area contributed by atoms with E-state index in [0.29, 0.717) is 0 Å². The zero-order valence-electron chi connectivity index (χ0n) is 7.04. The molecule has 0 bridgehead atoms.